The third-order valence-corrected chi connectivity index (χ3v) is 3.73. The van der Waals surface area contributed by atoms with E-state index in [1.165, 1.54) is 0 Å². The monoisotopic (exact) mass is 338 g/mol. The molecule has 0 spiro atoms. The van der Waals surface area contributed by atoms with Gasteiger partial charge in [0.1, 0.15) is 16.5 Å². The lowest BCUT2D eigenvalue weighted by atomic mass is 10.2. The zero-order valence-corrected chi connectivity index (χ0v) is 11.4. The lowest BCUT2D eigenvalue weighted by molar-refractivity contribution is -0.138. The summed E-state index contributed by atoms with van der Waals surface area (Å²) in [6.07, 6.45) is -4.85. The lowest BCUT2D eigenvalue weighted by Gasteiger charge is -2.13. The maximum atomic E-state index is 13.0. The Labute approximate surface area is 122 Å². The van der Waals surface area contributed by atoms with E-state index in [1.807, 2.05) is 0 Å². The summed E-state index contributed by atoms with van der Waals surface area (Å²) in [7, 11) is -4.82. The SMILES string of the molecule is O=S(=O)(Oc1ccccc1C(F)(F)F)c1cc(F)cc(F)c1. The Morgan fingerprint density at radius 3 is 2.00 bits per heavy atom. The maximum Gasteiger partial charge on any atom is 0.420 e. The average Bonchev–Trinajstić information content (AvgIpc) is 2.36. The fraction of sp³-hybridized carbons (Fsp3) is 0.0769. The van der Waals surface area contributed by atoms with Gasteiger partial charge in [-0.3, -0.25) is 0 Å². The van der Waals surface area contributed by atoms with Crippen LogP contribution in [0, 0.1) is 11.6 Å². The number of halogens is 5. The molecule has 118 valence electrons. The van der Waals surface area contributed by atoms with Crippen molar-refractivity contribution in [1.29, 1.82) is 0 Å². The molecule has 22 heavy (non-hydrogen) atoms. The first kappa shape index (κ1) is 16.2. The summed E-state index contributed by atoms with van der Waals surface area (Å²) in [6, 6.07) is 4.88. The van der Waals surface area contributed by atoms with Crippen LogP contribution in [0.2, 0.25) is 0 Å². The van der Waals surface area contributed by atoms with Crippen LogP contribution in [0.3, 0.4) is 0 Å². The van der Waals surface area contributed by atoms with Crippen molar-refractivity contribution in [3.8, 4) is 5.75 Å². The molecule has 2 aromatic carbocycles. The van der Waals surface area contributed by atoms with Crippen molar-refractivity contribution in [1.82, 2.24) is 0 Å². The molecular weight excluding hydrogens is 331 g/mol. The van der Waals surface area contributed by atoms with Crippen molar-refractivity contribution in [2.24, 2.45) is 0 Å². The first-order valence-electron chi connectivity index (χ1n) is 5.66. The van der Waals surface area contributed by atoms with Crippen LogP contribution in [-0.2, 0) is 16.3 Å². The topological polar surface area (TPSA) is 43.4 Å². The summed E-state index contributed by atoms with van der Waals surface area (Å²) in [5, 5.41) is 0. The van der Waals surface area contributed by atoms with Crippen LogP contribution in [0.15, 0.2) is 47.4 Å². The number of hydrogen-bond acceptors (Lipinski definition) is 3. The standard InChI is InChI=1S/C13H7F5O3S/c14-8-5-9(15)7-10(6-8)22(19,20)21-12-4-2-1-3-11(12)13(16,17)18/h1-7H. The second-order valence-electron chi connectivity index (χ2n) is 4.14. The number of benzene rings is 2. The fourth-order valence-electron chi connectivity index (χ4n) is 1.61. The van der Waals surface area contributed by atoms with Gasteiger partial charge in [-0.2, -0.15) is 21.6 Å². The van der Waals surface area contributed by atoms with E-state index in [2.05, 4.69) is 4.18 Å². The number of rotatable bonds is 3. The van der Waals surface area contributed by atoms with Crippen molar-refractivity contribution in [2.75, 3.05) is 0 Å². The molecule has 0 amide bonds. The van der Waals surface area contributed by atoms with E-state index in [1.54, 1.807) is 0 Å². The molecule has 9 heteroatoms. The van der Waals surface area contributed by atoms with Gasteiger partial charge in [-0.1, -0.05) is 12.1 Å². The van der Waals surface area contributed by atoms with E-state index in [4.69, 9.17) is 0 Å². The van der Waals surface area contributed by atoms with Gasteiger partial charge in [0.25, 0.3) is 0 Å². The van der Waals surface area contributed by atoms with Crippen molar-refractivity contribution in [3.05, 3.63) is 59.7 Å². The Kier molecular flexibility index (Phi) is 4.10. The molecule has 0 N–H and O–H groups in total. The average molecular weight is 338 g/mol. The molecule has 0 heterocycles. The molecule has 0 radical (unpaired) electrons. The van der Waals surface area contributed by atoms with E-state index in [0.29, 0.717) is 24.3 Å². The van der Waals surface area contributed by atoms with Crippen LogP contribution >= 0.6 is 0 Å². The van der Waals surface area contributed by atoms with E-state index >= 15 is 0 Å². The van der Waals surface area contributed by atoms with E-state index < -0.39 is 44.1 Å². The molecule has 3 nitrogen and oxygen atoms in total. The third-order valence-electron chi connectivity index (χ3n) is 2.52. The molecule has 0 saturated carbocycles. The lowest BCUT2D eigenvalue weighted by Crippen LogP contribution is -2.14. The predicted octanol–water partition coefficient (Wildman–Crippen LogP) is 3.75. The Bertz CT molecular complexity index is 779. The third kappa shape index (κ3) is 3.53. The Morgan fingerprint density at radius 1 is 0.909 bits per heavy atom. The smallest absolute Gasteiger partial charge is 0.378 e. The van der Waals surface area contributed by atoms with Crippen LogP contribution in [0.1, 0.15) is 5.56 Å². The molecule has 0 bridgehead atoms. The molecule has 2 rings (SSSR count). The number of para-hydroxylation sites is 1. The van der Waals surface area contributed by atoms with Crippen molar-refractivity contribution >= 4 is 10.1 Å². The summed E-state index contributed by atoms with van der Waals surface area (Å²) in [6.45, 7) is 0. The highest BCUT2D eigenvalue weighted by Gasteiger charge is 2.35. The minimum Gasteiger partial charge on any atom is -0.378 e. The first-order valence-corrected chi connectivity index (χ1v) is 7.07. The minimum absolute atomic E-state index is 0.419. The first-order chi connectivity index (χ1) is 10.1. The van der Waals surface area contributed by atoms with Crippen LogP contribution < -0.4 is 4.18 Å². The molecule has 2 aromatic rings. The number of hydrogen-bond donors (Lipinski definition) is 0. The summed E-state index contributed by atoms with van der Waals surface area (Å²) in [5.74, 6) is -3.39. The van der Waals surface area contributed by atoms with Gasteiger partial charge >= 0.3 is 16.3 Å². The fourth-order valence-corrected chi connectivity index (χ4v) is 2.60. The highest BCUT2D eigenvalue weighted by Crippen LogP contribution is 2.37. The summed E-state index contributed by atoms with van der Waals surface area (Å²) >= 11 is 0. The summed E-state index contributed by atoms with van der Waals surface area (Å²) in [4.78, 5) is -0.929. The van der Waals surface area contributed by atoms with Crippen LogP contribution in [0.25, 0.3) is 0 Å². The van der Waals surface area contributed by atoms with Crippen LogP contribution in [-0.4, -0.2) is 8.42 Å². The molecule has 0 atom stereocenters. The van der Waals surface area contributed by atoms with Gasteiger partial charge in [0.15, 0.2) is 5.75 Å². The maximum absolute atomic E-state index is 13.0. The number of alkyl halides is 3. The van der Waals surface area contributed by atoms with Gasteiger partial charge in [-0.05, 0) is 24.3 Å². The Morgan fingerprint density at radius 2 is 1.45 bits per heavy atom. The molecule has 0 saturated heterocycles. The zero-order chi connectivity index (χ0) is 16.5. The second-order valence-corrected chi connectivity index (χ2v) is 5.68. The summed E-state index contributed by atoms with van der Waals surface area (Å²) < 4.78 is 92.4. The van der Waals surface area contributed by atoms with E-state index in [0.717, 1.165) is 18.2 Å². The van der Waals surface area contributed by atoms with Gasteiger partial charge in [-0.15, -0.1) is 0 Å². The van der Waals surface area contributed by atoms with Crippen molar-refractivity contribution < 1.29 is 34.6 Å². The molecule has 0 fully saturated rings. The van der Waals surface area contributed by atoms with Gasteiger partial charge in [-0.25, -0.2) is 8.78 Å². The van der Waals surface area contributed by atoms with E-state index in [9.17, 15) is 30.4 Å². The van der Waals surface area contributed by atoms with Gasteiger partial charge in [0.2, 0.25) is 0 Å². The van der Waals surface area contributed by atoms with Gasteiger partial charge < -0.3 is 4.18 Å². The largest absolute Gasteiger partial charge is 0.420 e. The second kappa shape index (κ2) is 5.56. The molecule has 0 unspecified atom stereocenters. The zero-order valence-electron chi connectivity index (χ0n) is 10.6. The summed E-state index contributed by atoms with van der Waals surface area (Å²) in [5.41, 5.74) is -1.32. The van der Waals surface area contributed by atoms with Gasteiger partial charge in [0, 0.05) is 6.07 Å². The molecular formula is C13H7F5O3S. The normalized spacial score (nSPS) is 12.2. The Hall–Kier alpha value is -2.16. The predicted molar refractivity (Wildman–Crippen MR) is 65.6 cm³/mol. The quantitative estimate of drug-likeness (QED) is 0.632. The molecule has 0 aromatic heterocycles. The van der Waals surface area contributed by atoms with Crippen LogP contribution in [0.5, 0.6) is 5.75 Å². The molecule has 0 aliphatic carbocycles. The van der Waals surface area contributed by atoms with Gasteiger partial charge in [0.05, 0.1) is 5.56 Å². The Balaban J connectivity index is 2.46. The highest BCUT2D eigenvalue weighted by atomic mass is 32.2. The minimum atomic E-state index is -4.85. The van der Waals surface area contributed by atoms with Crippen molar-refractivity contribution in [2.45, 2.75) is 11.1 Å². The molecule has 0 aliphatic rings. The van der Waals surface area contributed by atoms with E-state index in [-0.39, 0.29) is 0 Å². The highest BCUT2D eigenvalue weighted by molar-refractivity contribution is 7.87. The van der Waals surface area contributed by atoms with Crippen LogP contribution in [0.4, 0.5) is 22.0 Å². The molecule has 0 aliphatic heterocycles. The van der Waals surface area contributed by atoms with Crippen molar-refractivity contribution in [3.63, 3.8) is 0 Å².